The van der Waals surface area contributed by atoms with E-state index in [0.29, 0.717) is 18.4 Å². The maximum absolute atomic E-state index is 10.9. The summed E-state index contributed by atoms with van der Waals surface area (Å²) in [6, 6.07) is 0. The Morgan fingerprint density at radius 1 is 1.58 bits per heavy atom. The van der Waals surface area contributed by atoms with E-state index in [-0.39, 0.29) is 12.3 Å². The Morgan fingerprint density at radius 3 is 2.75 bits per heavy atom. The molecule has 12 heavy (non-hydrogen) atoms. The average Bonchev–Trinajstić information content (AvgIpc) is 2.00. The molecule has 2 N–H and O–H groups in total. The van der Waals surface area contributed by atoms with Gasteiger partial charge in [0.1, 0.15) is 5.78 Å². The van der Waals surface area contributed by atoms with Gasteiger partial charge in [0.25, 0.3) is 0 Å². The van der Waals surface area contributed by atoms with Crippen molar-refractivity contribution in [3.63, 3.8) is 0 Å². The van der Waals surface area contributed by atoms with Crippen molar-refractivity contribution in [3.8, 4) is 0 Å². The van der Waals surface area contributed by atoms with Gasteiger partial charge in [0.15, 0.2) is 0 Å². The van der Waals surface area contributed by atoms with Crippen LogP contribution in [0.2, 0.25) is 0 Å². The Morgan fingerprint density at radius 2 is 2.25 bits per heavy atom. The molecule has 1 rings (SSSR count). The fourth-order valence-corrected chi connectivity index (χ4v) is 1.62. The Labute approximate surface area is 73.3 Å². The van der Waals surface area contributed by atoms with Crippen molar-refractivity contribution in [2.75, 3.05) is 13.2 Å². The van der Waals surface area contributed by atoms with Gasteiger partial charge in [-0.3, -0.25) is 4.79 Å². The van der Waals surface area contributed by atoms with E-state index in [9.17, 15) is 4.79 Å². The second-order valence-electron chi connectivity index (χ2n) is 3.36. The topological polar surface area (TPSA) is 52.3 Å². The second-order valence-corrected chi connectivity index (χ2v) is 3.36. The molecule has 0 amide bonds. The van der Waals surface area contributed by atoms with Crippen LogP contribution in [0.4, 0.5) is 0 Å². The molecule has 1 aliphatic rings. The van der Waals surface area contributed by atoms with Crippen LogP contribution in [0.5, 0.6) is 0 Å². The van der Waals surface area contributed by atoms with Gasteiger partial charge in [-0.05, 0) is 25.7 Å². The highest BCUT2D eigenvalue weighted by atomic mass is 16.5. The van der Waals surface area contributed by atoms with Crippen LogP contribution >= 0.6 is 0 Å². The molecular weight excluding hydrogens is 154 g/mol. The molecule has 0 aromatic rings. The van der Waals surface area contributed by atoms with Crippen molar-refractivity contribution < 1.29 is 9.53 Å². The first-order chi connectivity index (χ1) is 5.76. The van der Waals surface area contributed by atoms with Crippen LogP contribution in [0.25, 0.3) is 0 Å². The number of carbonyl (C=O) groups is 1. The van der Waals surface area contributed by atoms with E-state index in [0.717, 1.165) is 19.4 Å². The summed E-state index contributed by atoms with van der Waals surface area (Å²) >= 11 is 0. The third kappa shape index (κ3) is 2.57. The van der Waals surface area contributed by atoms with Gasteiger partial charge in [-0.25, -0.2) is 0 Å². The van der Waals surface area contributed by atoms with E-state index < -0.39 is 0 Å². The van der Waals surface area contributed by atoms with E-state index >= 15 is 0 Å². The largest absolute Gasteiger partial charge is 0.378 e. The number of nitrogens with two attached hydrogens (primary N) is 1. The molecule has 0 heterocycles. The number of Topliss-reactive ketones (excluding diaryl/α,β-unsaturated/α-hetero) is 1. The van der Waals surface area contributed by atoms with Crippen LogP contribution in [0, 0.1) is 5.92 Å². The lowest BCUT2D eigenvalue weighted by Gasteiger charge is -2.34. The lowest BCUT2D eigenvalue weighted by atomic mass is 9.79. The molecule has 0 aromatic carbocycles. The molecular formula is C9H17NO2. The van der Waals surface area contributed by atoms with Gasteiger partial charge in [0.2, 0.25) is 0 Å². The maximum Gasteiger partial charge on any atom is 0.146 e. The number of hydrogen-bond donors (Lipinski definition) is 1. The summed E-state index contributed by atoms with van der Waals surface area (Å²) in [7, 11) is 0. The molecule has 0 atom stereocenters. The molecule has 0 aromatic heterocycles. The first kappa shape index (κ1) is 9.68. The summed E-state index contributed by atoms with van der Waals surface area (Å²) in [6.45, 7) is 2.97. The number of carbonyl (C=O) groups excluding carboxylic acids is 1. The van der Waals surface area contributed by atoms with Gasteiger partial charge >= 0.3 is 0 Å². The van der Waals surface area contributed by atoms with Gasteiger partial charge in [-0.1, -0.05) is 0 Å². The Kier molecular flexibility index (Phi) is 3.69. The van der Waals surface area contributed by atoms with Gasteiger partial charge in [-0.15, -0.1) is 0 Å². The van der Waals surface area contributed by atoms with E-state index in [1.165, 1.54) is 0 Å². The van der Waals surface area contributed by atoms with E-state index in [1.54, 1.807) is 0 Å². The van der Waals surface area contributed by atoms with Crippen LogP contribution in [-0.2, 0) is 9.53 Å². The zero-order chi connectivity index (χ0) is 8.97. The van der Waals surface area contributed by atoms with Crippen molar-refractivity contribution in [2.24, 2.45) is 11.7 Å². The van der Waals surface area contributed by atoms with Crippen LogP contribution in [0.15, 0.2) is 0 Å². The predicted molar refractivity (Wildman–Crippen MR) is 46.8 cm³/mol. The number of hydrogen-bond acceptors (Lipinski definition) is 3. The third-order valence-electron chi connectivity index (χ3n) is 2.34. The lowest BCUT2D eigenvalue weighted by Crippen LogP contribution is -2.33. The summed E-state index contributed by atoms with van der Waals surface area (Å²) in [5, 5.41) is 0. The fraction of sp³-hybridized carbons (Fsp3) is 0.889. The molecule has 70 valence electrons. The Hall–Kier alpha value is -0.410. The molecule has 3 heteroatoms. The van der Waals surface area contributed by atoms with Crippen LogP contribution in [0.1, 0.15) is 26.2 Å². The molecule has 1 saturated carbocycles. The lowest BCUT2D eigenvalue weighted by molar-refractivity contribution is -0.120. The van der Waals surface area contributed by atoms with Crippen LogP contribution in [-0.4, -0.2) is 25.0 Å². The van der Waals surface area contributed by atoms with Crippen LogP contribution in [0.3, 0.4) is 0 Å². The molecule has 1 aliphatic carbocycles. The Bertz CT molecular complexity index is 153. The van der Waals surface area contributed by atoms with Gasteiger partial charge in [0.05, 0.1) is 12.6 Å². The number of rotatable bonds is 5. The summed E-state index contributed by atoms with van der Waals surface area (Å²) in [4.78, 5) is 10.9. The zero-order valence-electron chi connectivity index (χ0n) is 7.58. The molecule has 0 radical (unpaired) electrons. The number of ether oxygens (including phenoxy) is 1. The van der Waals surface area contributed by atoms with E-state index in [1.807, 2.05) is 6.92 Å². The van der Waals surface area contributed by atoms with Crippen molar-refractivity contribution in [3.05, 3.63) is 0 Å². The number of ketones is 1. The summed E-state index contributed by atoms with van der Waals surface area (Å²) in [6.07, 6.45) is 3.14. The highest BCUT2D eigenvalue weighted by Crippen LogP contribution is 2.32. The standard InChI is InChI=1S/C9H17NO2/c1-2-12-9-4-7(5-9)3-8(11)6-10/h7,9H,2-6,10H2,1H3. The van der Waals surface area contributed by atoms with E-state index in [4.69, 9.17) is 10.5 Å². The molecule has 0 aliphatic heterocycles. The molecule has 0 saturated heterocycles. The van der Waals surface area contributed by atoms with Gasteiger partial charge in [0, 0.05) is 13.0 Å². The SMILES string of the molecule is CCOC1CC(CC(=O)CN)C1. The predicted octanol–water partition coefficient (Wildman–Crippen LogP) is 0.719. The van der Waals surface area contributed by atoms with Gasteiger partial charge in [-0.2, -0.15) is 0 Å². The minimum atomic E-state index is 0.176. The first-order valence-corrected chi connectivity index (χ1v) is 4.59. The normalized spacial score (nSPS) is 28.2. The minimum absolute atomic E-state index is 0.176. The van der Waals surface area contributed by atoms with Crippen molar-refractivity contribution in [2.45, 2.75) is 32.3 Å². The van der Waals surface area contributed by atoms with E-state index in [2.05, 4.69) is 0 Å². The third-order valence-corrected chi connectivity index (χ3v) is 2.34. The van der Waals surface area contributed by atoms with Crippen molar-refractivity contribution in [1.29, 1.82) is 0 Å². The van der Waals surface area contributed by atoms with Crippen molar-refractivity contribution >= 4 is 5.78 Å². The summed E-state index contributed by atoms with van der Waals surface area (Å²) < 4.78 is 5.38. The smallest absolute Gasteiger partial charge is 0.146 e. The van der Waals surface area contributed by atoms with Crippen LogP contribution < -0.4 is 5.73 Å². The summed E-state index contributed by atoms with van der Waals surface area (Å²) in [5.41, 5.74) is 5.21. The average molecular weight is 171 g/mol. The minimum Gasteiger partial charge on any atom is -0.378 e. The molecule has 0 unspecified atom stereocenters. The van der Waals surface area contributed by atoms with Crippen molar-refractivity contribution in [1.82, 2.24) is 0 Å². The summed E-state index contributed by atoms with van der Waals surface area (Å²) in [5.74, 6) is 0.715. The Balaban J connectivity index is 2.05. The van der Waals surface area contributed by atoms with Gasteiger partial charge < -0.3 is 10.5 Å². The highest BCUT2D eigenvalue weighted by Gasteiger charge is 2.30. The maximum atomic E-state index is 10.9. The zero-order valence-corrected chi connectivity index (χ0v) is 7.58. The molecule has 0 spiro atoms. The molecule has 0 bridgehead atoms. The fourth-order valence-electron chi connectivity index (χ4n) is 1.62. The highest BCUT2D eigenvalue weighted by molar-refractivity contribution is 5.80. The quantitative estimate of drug-likeness (QED) is 0.663. The monoisotopic (exact) mass is 171 g/mol. The molecule has 3 nitrogen and oxygen atoms in total. The second kappa shape index (κ2) is 4.58. The first-order valence-electron chi connectivity index (χ1n) is 4.59. The molecule has 1 fully saturated rings.